The lowest BCUT2D eigenvalue weighted by molar-refractivity contribution is 0.865. The molecule has 0 aromatic rings. The summed E-state index contributed by atoms with van der Waals surface area (Å²) in [6.45, 7) is 8.19. The summed E-state index contributed by atoms with van der Waals surface area (Å²) in [5.74, 6) is 1.06. The second-order valence-corrected chi connectivity index (χ2v) is 2.21. The highest BCUT2D eigenvalue weighted by Gasteiger charge is 1.95. The third kappa shape index (κ3) is 5.63. The molecule has 0 saturated carbocycles. The topological polar surface area (TPSA) is 38.4 Å². The van der Waals surface area contributed by atoms with Gasteiger partial charge in [-0.05, 0) is 0 Å². The van der Waals surface area contributed by atoms with Gasteiger partial charge in [-0.1, -0.05) is 19.9 Å². The third-order valence-corrected chi connectivity index (χ3v) is 0.994. The van der Waals surface area contributed by atoms with Gasteiger partial charge in [-0.15, -0.1) is 19.0 Å². The molecule has 2 N–H and O–H groups in total. The molecule has 60 valence electrons. The second kappa shape index (κ2) is 6.62. The van der Waals surface area contributed by atoms with Crippen LogP contribution < -0.4 is 5.73 Å². The van der Waals surface area contributed by atoms with Crippen LogP contribution in [0.15, 0.2) is 17.6 Å². The fraction of sp³-hybridized carbons (Fsp3) is 0.571. The minimum absolute atomic E-state index is 0. The molecule has 10 heavy (non-hydrogen) atoms. The molecule has 0 atom stereocenters. The van der Waals surface area contributed by atoms with Crippen molar-refractivity contribution < 1.29 is 0 Å². The molecular formula is C7H15ClN2. The Morgan fingerprint density at radius 1 is 1.70 bits per heavy atom. The summed E-state index contributed by atoms with van der Waals surface area (Å²) in [5, 5.41) is 0. The van der Waals surface area contributed by atoms with Crippen molar-refractivity contribution in [1.82, 2.24) is 0 Å². The fourth-order valence-electron chi connectivity index (χ4n) is 0.353. The van der Waals surface area contributed by atoms with Crippen LogP contribution >= 0.6 is 12.4 Å². The largest absolute Gasteiger partial charge is 0.387 e. The Labute approximate surface area is 68.6 Å². The third-order valence-electron chi connectivity index (χ3n) is 0.994. The van der Waals surface area contributed by atoms with E-state index in [1.54, 1.807) is 6.08 Å². The SMILES string of the molecule is C=CCN=C(N)C(C)C.Cl. The average Bonchev–Trinajstić information content (AvgIpc) is 1.82. The Bertz CT molecular complexity index is 119. The molecule has 0 aliphatic carbocycles. The molecule has 2 nitrogen and oxygen atoms in total. The highest BCUT2D eigenvalue weighted by molar-refractivity contribution is 5.85. The number of halogens is 1. The minimum atomic E-state index is 0. The summed E-state index contributed by atoms with van der Waals surface area (Å²) in [4.78, 5) is 4.02. The maximum atomic E-state index is 5.50. The summed E-state index contributed by atoms with van der Waals surface area (Å²) >= 11 is 0. The van der Waals surface area contributed by atoms with E-state index in [0.717, 1.165) is 0 Å². The van der Waals surface area contributed by atoms with E-state index in [2.05, 4.69) is 11.6 Å². The van der Waals surface area contributed by atoms with Crippen LogP contribution in [0.3, 0.4) is 0 Å². The molecule has 0 unspecified atom stereocenters. The van der Waals surface area contributed by atoms with Gasteiger partial charge in [-0.2, -0.15) is 0 Å². The van der Waals surface area contributed by atoms with Crippen LogP contribution in [0.5, 0.6) is 0 Å². The smallest absolute Gasteiger partial charge is 0.0966 e. The molecule has 0 rings (SSSR count). The van der Waals surface area contributed by atoms with E-state index in [9.17, 15) is 0 Å². The quantitative estimate of drug-likeness (QED) is 0.382. The average molecular weight is 163 g/mol. The van der Waals surface area contributed by atoms with Crippen LogP contribution in [-0.4, -0.2) is 12.4 Å². The molecule has 0 aromatic carbocycles. The lowest BCUT2D eigenvalue weighted by Gasteiger charge is -2.00. The normalized spacial score (nSPS) is 10.9. The molecule has 0 heterocycles. The van der Waals surface area contributed by atoms with Crippen LogP contribution in [0, 0.1) is 5.92 Å². The van der Waals surface area contributed by atoms with E-state index in [4.69, 9.17) is 5.73 Å². The van der Waals surface area contributed by atoms with E-state index < -0.39 is 0 Å². The molecule has 0 bridgehead atoms. The first kappa shape index (κ1) is 12.2. The lowest BCUT2D eigenvalue weighted by Crippen LogP contribution is -2.18. The van der Waals surface area contributed by atoms with Crippen molar-refractivity contribution in [2.24, 2.45) is 16.6 Å². The molecule has 0 saturated heterocycles. The van der Waals surface area contributed by atoms with E-state index in [1.807, 2.05) is 13.8 Å². The monoisotopic (exact) mass is 162 g/mol. The van der Waals surface area contributed by atoms with Crippen molar-refractivity contribution in [3.63, 3.8) is 0 Å². The van der Waals surface area contributed by atoms with Crippen LogP contribution in [0.25, 0.3) is 0 Å². The number of rotatable bonds is 3. The Balaban J connectivity index is 0. The summed E-state index contributed by atoms with van der Waals surface area (Å²) in [7, 11) is 0. The van der Waals surface area contributed by atoms with Gasteiger partial charge in [0.2, 0.25) is 0 Å². The molecular weight excluding hydrogens is 148 g/mol. The molecule has 0 amide bonds. The zero-order valence-corrected chi connectivity index (χ0v) is 7.32. The number of amidine groups is 1. The van der Waals surface area contributed by atoms with Crippen LogP contribution in [0.1, 0.15) is 13.8 Å². The maximum absolute atomic E-state index is 5.50. The summed E-state index contributed by atoms with van der Waals surface area (Å²) in [5.41, 5.74) is 5.50. The minimum Gasteiger partial charge on any atom is -0.387 e. The van der Waals surface area contributed by atoms with Gasteiger partial charge in [0.15, 0.2) is 0 Å². The first-order valence-electron chi connectivity index (χ1n) is 3.09. The number of aliphatic imine (C=N–C) groups is 1. The van der Waals surface area contributed by atoms with Crippen molar-refractivity contribution in [2.45, 2.75) is 13.8 Å². The first-order valence-corrected chi connectivity index (χ1v) is 3.09. The second-order valence-electron chi connectivity index (χ2n) is 2.21. The van der Waals surface area contributed by atoms with Crippen LogP contribution in [0.4, 0.5) is 0 Å². The number of hydrogen-bond acceptors (Lipinski definition) is 1. The summed E-state index contributed by atoms with van der Waals surface area (Å²) < 4.78 is 0. The van der Waals surface area contributed by atoms with Gasteiger partial charge in [0.1, 0.15) is 0 Å². The zero-order chi connectivity index (χ0) is 7.28. The van der Waals surface area contributed by atoms with Gasteiger partial charge >= 0.3 is 0 Å². The molecule has 0 aliphatic heterocycles. The van der Waals surface area contributed by atoms with Crippen molar-refractivity contribution in [1.29, 1.82) is 0 Å². The predicted molar refractivity (Wildman–Crippen MR) is 48.8 cm³/mol. The Kier molecular flexibility index (Phi) is 8.07. The highest BCUT2D eigenvalue weighted by atomic mass is 35.5. The van der Waals surface area contributed by atoms with Crippen molar-refractivity contribution >= 4 is 18.2 Å². The molecule has 0 fully saturated rings. The van der Waals surface area contributed by atoms with Gasteiger partial charge in [0.25, 0.3) is 0 Å². The Hall–Kier alpha value is -0.500. The van der Waals surface area contributed by atoms with Crippen LogP contribution in [-0.2, 0) is 0 Å². The first-order chi connectivity index (χ1) is 4.18. The highest BCUT2D eigenvalue weighted by Crippen LogP contribution is 1.90. The van der Waals surface area contributed by atoms with Gasteiger partial charge in [0, 0.05) is 5.92 Å². The summed E-state index contributed by atoms with van der Waals surface area (Å²) in [6, 6.07) is 0. The molecule has 3 heteroatoms. The van der Waals surface area contributed by atoms with Gasteiger partial charge in [-0.3, -0.25) is 4.99 Å². The molecule has 0 radical (unpaired) electrons. The lowest BCUT2D eigenvalue weighted by atomic mass is 10.2. The molecule has 0 aliphatic rings. The predicted octanol–water partition coefficient (Wildman–Crippen LogP) is 1.61. The number of nitrogens with two attached hydrogens (primary N) is 1. The van der Waals surface area contributed by atoms with E-state index in [0.29, 0.717) is 18.3 Å². The number of hydrogen-bond donors (Lipinski definition) is 1. The number of nitrogens with zero attached hydrogens (tertiary/aromatic N) is 1. The maximum Gasteiger partial charge on any atom is 0.0966 e. The van der Waals surface area contributed by atoms with E-state index in [-0.39, 0.29) is 12.4 Å². The Morgan fingerprint density at radius 2 is 2.20 bits per heavy atom. The summed E-state index contributed by atoms with van der Waals surface area (Å²) in [6.07, 6.45) is 1.73. The molecule has 0 aromatic heterocycles. The molecule has 0 spiro atoms. The van der Waals surface area contributed by atoms with E-state index in [1.165, 1.54) is 0 Å². The Morgan fingerprint density at radius 3 is 2.50 bits per heavy atom. The fourth-order valence-corrected chi connectivity index (χ4v) is 0.353. The van der Waals surface area contributed by atoms with Crippen molar-refractivity contribution in [3.05, 3.63) is 12.7 Å². The van der Waals surface area contributed by atoms with Gasteiger partial charge in [0.05, 0.1) is 12.4 Å². The van der Waals surface area contributed by atoms with Gasteiger partial charge in [-0.25, -0.2) is 0 Å². The van der Waals surface area contributed by atoms with Crippen molar-refractivity contribution in [3.8, 4) is 0 Å². The van der Waals surface area contributed by atoms with E-state index >= 15 is 0 Å². The van der Waals surface area contributed by atoms with Crippen LogP contribution in [0.2, 0.25) is 0 Å². The standard InChI is InChI=1S/C7H14N2.ClH/c1-4-5-9-7(8)6(2)3;/h4,6H,1,5H2,2-3H3,(H2,8,9);1H. The van der Waals surface area contributed by atoms with Gasteiger partial charge < -0.3 is 5.73 Å². The van der Waals surface area contributed by atoms with Crippen molar-refractivity contribution in [2.75, 3.05) is 6.54 Å². The zero-order valence-electron chi connectivity index (χ0n) is 6.50.